The molecule has 1 aliphatic rings. The van der Waals surface area contributed by atoms with E-state index in [2.05, 4.69) is 6.92 Å². The third kappa shape index (κ3) is 4.06. The van der Waals surface area contributed by atoms with Crippen LogP contribution < -0.4 is 4.90 Å². The maximum absolute atomic E-state index is 12.7. The molecule has 2 aromatic rings. The van der Waals surface area contributed by atoms with Crippen molar-refractivity contribution < 1.29 is 14.3 Å². The van der Waals surface area contributed by atoms with Crippen LogP contribution in [0.15, 0.2) is 53.4 Å². The van der Waals surface area contributed by atoms with Gasteiger partial charge in [0, 0.05) is 16.7 Å². The maximum Gasteiger partial charge on any atom is 0.338 e. The predicted molar refractivity (Wildman–Crippen MR) is 100 cm³/mol. The van der Waals surface area contributed by atoms with Crippen molar-refractivity contribution in [3.8, 4) is 6.07 Å². The van der Waals surface area contributed by atoms with Gasteiger partial charge in [0.1, 0.15) is 0 Å². The summed E-state index contributed by atoms with van der Waals surface area (Å²) in [7, 11) is 0. The number of anilines is 1. The molecule has 5 nitrogen and oxygen atoms in total. The lowest BCUT2D eigenvalue weighted by molar-refractivity contribution is -0.121. The molecule has 0 fully saturated rings. The predicted octanol–water partition coefficient (Wildman–Crippen LogP) is 3.63. The summed E-state index contributed by atoms with van der Waals surface area (Å²) >= 11 is 1.75. The highest BCUT2D eigenvalue weighted by Crippen LogP contribution is 2.37. The minimum Gasteiger partial charge on any atom is -0.452 e. The number of hydrogen-bond acceptors (Lipinski definition) is 5. The zero-order chi connectivity index (χ0) is 18.5. The van der Waals surface area contributed by atoms with E-state index >= 15 is 0 Å². The smallest absolute Gasteiger partial charge is 0.338 e. The molecular formula is C20H18N2O3S. The number of amides is 1. The number of nitrogens with zero attached hydrogens (tertiary/aromatic N) is 2. The molecule has 0 aliphatic carbocycles. The Balaban J connectivity index is 1.68. The lowest BCUT2D eigenvalue weighted by Gasteiger charge is -2.22. The minimum absolute atomic E-state index is 0.242. The van der Waals surface area contributed by atoms with Crippen LogP contribution in [0, 0.1) is 11.3 Å². The van der Waals surface area contributed by atoms with Crippen molar-refractivity contribution in [1.82, 2.24) is 0 Å². The van der Waals surface area contributed by atoms with Crippen LogP contribution in [0.3, 0.4) is 0 Å². The van der Waals surface area contributed by atoms with Gasteiger partial charge in [-0.3, -0.25) is 4.79 Å². The largest absolute Gasteiger partial charge is 0.452 e. The Morgan fingerprint density at radius 1 is 1.23 bits per heavy atom. The Labute approximate surface area is 156 Å². The van der Waals surface area contributed by atoms with Crippen LogP contribution in [0.2, 0.25) is 0 Å². The second kappa shape index (κ2) is 8.07. The monoisotopic (exact) mass is 366 g/mol. The Hall–Kier alpha value is -2.78. The highest BCUT2D eigenvalue weighted by Gasteiger charge is 2.24. The number of benzene rings is 2. The molecule has 1 heterocycles. The number of hydrogen-bond donors (Lipinski definition) is 0. The summed E-state index contributed by atoms with van der Waals surface area (Å²) < 4.78 is 5.18. The quantitative estimate of drug-likeness (QED) is 0.776. The van der Waals surface area contributed by atoms with Crippen molar-refractivity contribution in [1.29, 1.82) is 5.26 Å². The number of thioether (sulfide) groups is 1. The number of carbonyl (C=O) groups is 2. The minimum atomic E-state index is -0.575. The van der Waals surface area contributed by atoms with E-state index in [0.29, 0.717) is 22.9 Å². The molecule has 0 N–H and O–H groups in total. The molecule has 0 aromatic heterocycles. The lowest BCUT2D eigenvalue weighted by atomic mass is 10.1. The highest BCUT2D eigenvalue weighted by atomic mass is 32.2. The normalized spacial score (nSPS) is 16.2. The van der Waals surface area contributed by atoms with Gasteiger partial charge in [0.2, 0.25) is 0 Å². The van der Waals surface area contributed by atoms with E-state index in [1.165, 1.54) is 12.1 Å². The van der Waals surface area contributed by atoms with Gasteiger partial charge in [-0.15, -0.1) is 11.8 Å². The molecule has 1 amide bonds. The van der Waals surface area contributed by atoms with Crippen LogP contribution in [0.4, 0.5) is 5.69 Å². The van der Waals surface area contributed by atoms with Gasteiger partial charge in [-0.1, -0.05) is 19.1 Å². The molecule has 0 bridgehead atoms. The topological polar surface area (TPSA) is 70.4 Å². The summed E-state index contributed by atoms with van der Waals surface area (Å²) in [5.41, 5.74) is 1.64. The number of rotatable bonds is 3. The Morgan fingerprint density at radius 2 is 1.96 bits per heavy atom. The van der Waals surface area contributed by atoms with E-state index in [1.54, 1.807) is 28.8 Å². The number of fused-ring (bicyclic) bond motifs is 1. The third-order valence-corrected chi connectivity index (χ3v) is 5.36. The Bertz CT molecular complexity index is 858. The van der Waals surface area contributed by atoms with Crippen molar-refractivity contribution in [3.63, 3.8) is 0 Å². The standard InChI is InChI=1S/C20H18N2O3S/c1-14-10-11-22(17-4-2-3-5-18(17)26-14)19(23)13-25-20(24)16-8-6-15(12-21)7-9-16/h2-9,14H,10-11,13H2,1H3. The second-order valence-electron chi connectivity index (χ2n) is 6.00. The van der Waals surface area contributed by atoms with Crippen LogP contribution in [0.1, 0.15) is 29.3 Å². The molecule has 1 atom stereocenters. The number of para-hydroxylation sites is 1. The molecule has 2 aromatic carbocycles. The summed E-state index contributed by atoms with van der Waals surface area (Å²) in [6.07, 6.45) is 0.870. The van der Waals surface area contributed by atoms with Crippen LogP contribution in [-0.4, -0.2) is 30.3 Å². The fourth-order valence-corrected chi connectivity index (χ4v) is 3.83. The number of esters is 1. The van der Waals surface area contributed by atoms with E-state index in [4.69, 9.17) is 10.00 Å². The van der Waals surface area contributed by atoms with E-state index in [0.717, 1.165) is 17.0 Å². The molecule has 3 rings (SSSR count). The van der Waals surface area contributed by atoms with Crippen LogP contribution >= 0.6 is 11.8 Å². The van der Waals surface area contributed by atoms with E-state index < -0.39 is 5.97 Å². The zero-order valence-corrected chi connectivity index (χ0v) is 15.2. The molecule has 1 unspecified atom stereocenters. The van der Waals surface area contributed by atoms with E-state index in [-0.39, 0.29) is 12.5 Å². The van der Waals surface area contributed by atoms with Crippen LogP contribution in [0.5, 0.6) is 0 Å². The molecule has 0 radical (unpaired) electrons. The van der Waals surface area contributed by atoms with E-state index in [1.807, 2.05) is 30.3 Å². The average Bonchev–Trinajstić information content (AvgIpc) is 2.84. The summed E-state index contributed by atoms with van der Waals surface area (Å²) in [4.78, 5) is 27.5. The number of ether oxygens (including phenoxy) is 1. The summed E-state index contributed by atoms with van der Waals surface area (Å²) in [5, 5.41) is 9.20. The van der Waals surface area contributed by atoms with Gasteiger partial charge >= 0.3 is 5.97 Å². The maximum atomic E-state index is 12.7. The molecule has 26 heavy (non-hydrogen) atoms. The van der Waals surface area contributed by atoms with Gasteiger partial charge in [0.15, 0.2) is 6.61 Å². The van der Waals surface area contributed by atoms with Gasteiger partial charge in [0.05, 0.1) is 22.9 Å². The van der Waals surface area contributed by atoms with Crippen molar-refractivity contribution in [3.05, 3.63) is 59.7 Å². The molecule has 0 saturated carbocycles. The van der Waals surface area contributed by atoms with Gasteiger partial charge in [-0.05, 0) is 42.8 Å². The van der Waals surface area contributed by atoms with E-state index in [9.17, 15) is 9.59 Å². The van der Waals surface area contributed by atoms with Gasteiger partial charge in [0.25, 0.3) is 5.91 Å². The first-order chi connectivity index (χ1) is 12.6. The van der Waals surface area contributed by atoms with Gasteiger partial charge < -0.3 is 9.64 Å². The third-order valence-electron chi connectivity index (χ3n) is 4.12. The molecule has 0 spiro atoms. The molecule has 132 valence electrons. The first-order valence-corrected chi connectivity index (χ1v) is 9.20. The van der Waals surface area contributed by atoms with Crippen LogP contribution in [0.25, 0.3) is 0 Å². The molecule has 0 saturated heterocycles. The Kier molecular flexibility index (Phi) is 5.59. The molecule has 6 heteroatoms. The molecular weight excluding hydrogens is 348 g/mol. The summed E-state index contributed by atoms with van der Waals surface area (Å²) in [6.45, 7) is 2.42. The van der Waals surface area contributed by atoms with Crippen LogP contribution in [-0.2, 0) is 9.53 Å². The average molecular weight is 366 g/mol. The fraction of sp³-hybridized carbons (Fsp3) is 0.250. The van der Waals surface area contributed by atoms with Crippen molar-refractivity contribution >= 4 is 29.3 Å². The first kappa shape index (κ1) is 18.0. The SMILES string of the molecule is CC1CCN(C(=O)COC(=O)c2ccc(C#N)cc2)c2ccccc2S1. The molecule has 1 aliphatic heterocycles. The van der Waals surface area contributed by atoms with Crippen molar-refractivity contribution in [2.24, 2.45) is 0 Å². The second-order valence-corrected chi connectivity index (χ2v) is 7.48. The first-order valence-electron chi connectivity index (χ1n) is 8.32. The Morgan fingerprint density at radius 3 is 2.69 bits per heavy atom. The zero-order valence-electron chi connectivity index (χ0n) is 14.3. The lowest BCUT2D eigenvalue weighted by Crippen LogP contribution is -2.35. The van der Waals surface area contributed by atoms with Crippen molar-refractivity contribution in [2.75, 3.05) is 18.1 Å². The number of nitriles is 1. The van der Waals surface area contributed by atoms with Crippen molar-refractivity contribution in [2.45, 2.75) is 23.5 Å². The van der Waals surface area contributed by atoms with Gasteiger partial charge in [-0.2, -0.15) is 5.26 Å². The number of carbonyl (C=O) groups excluding carboxylic acids is 2. The van der Waals surface area contributed by atoms with Gasteiger partial charge in [-0.25, -0.2) is 4.79 Å². The summed E-state index contributed by atoms with van der Waals surface area (Å²) in [5.74, 6) is -0.817. The highest BCUT2D eigenvalue weighted by molar-refractivity contribution is 8.00. The fourth-order valence-electron chi connectivity index (χ4n) is 2.72. The summed E-state index contributed by atoms with van der Waals surface area (Å²) in [6, 6.07) is 15.9.